The third kappa shape index (κ3) is 4.86. The first-order valence-corrected chi connectivity index (χ1v) is 6.81. The molecule has 0 radical (unpaired) electrons. The van der Waals surface area contributed by atoms with Crippen molar-refractivity contribution in [3.63, 3.8) is 0 Å². The predicted molar refractivity (Wildman–Crippen MR) is 73.9 cm³/mol. The van der Waals surface area contributed by atoms with E-state index >= 15 is 0 Å². The van der Waals surface area contributed by atoms with Crippen molar-refractivity contribution < 1.29 is 4.74 Å². The molecule has 0 amide bonds. The molecule has 1 aromatic rings. The normalized spacial score (nSPS) is 15.9. The fourth-order valence-corrected chi connectivity index (χ4v) is 2.08. The zero-order chi connectivity index (χ0) is 13.3. The molecule has 5 heteroatoms. The van der Waals surface area contributed by atoms with E-state index in [0.717, 1.165) is 51.2 Å². The molecule has 5 nitrogen and oxygen atoms in total. The van der Waals surface area contributed by atoms with Crippen LogP contribution in [0.3, 0.4) is 0 Å². The van der Waals surface area contributed by atoms with Gasteiger partial charge >= 0.3 is 0 Å². The van der Waals surface area contributed by atoms with Gasteiger partial charge < -0.3 is 15.4 Å². The van der Waals surface area contributed by atoms with E-state index in [1.165, 1.54) is 0 Å². The highest BCUT2D eigenvalue weighted by atomic mass is 16.5. The first-order valence-electron chi connectivity index (χ1n) is 6.81. The van der Waals surface area contributed by atoms with Gasteiger partial charge in [-0.2, -0.15) is 5.26 Å². The summed E-state index contributed by atoms with van der Waals surface area (Å²) in [5.41, 5.74) is 1.39. The number of piperidine rings is 1. The van der Waals surface area contributed by atoms with Gasteiger partial charge in [-0.1, -0.05) is 0 Å². The Balaban J connectivity index is 1.57. The Labute approximate surface area is 114 Å². The van der Waals surface area contributed by atoms with Crippen LogP contribution in [0.25, 0.3) is 0 Å². The van der Waals surface area contributed by atoms with Crippen LogP contribution >= 0.6 is 0 Å². The number of hydrogen-bond donors (Lipinski definition) is 2. The molecule has 0 atom stereocenters. The number of nitrogens with zero attached hydrogens (tertiary/aromatic N) is 2. The van der Waals surface area contributed by atoms with Crippen LogP contribution < -0.4 is 10.6 Å². The minimum atomic E-state index is 0.429. The molecular weight excluding hydrogens is 240 g/mol. The monoisotopic (exact) mass is 260 g/mol. The average molecular weight is 260 g/mol. The van der Waals surface area contributed by atoms with Crippen molar-refractivity contribution in [1.29, 1.82) is 5.26 Å². The van der Waals surface area contributed by atoms with Gasteiger partial charge in [-0.3, -0.25) is 0 Å². The Morgan fingerprint density at radius 1 is 1.42 bits per heavy atom. The number of aromatic nitrogens is 1. The zero-order valence-electron chi connectivity index (χ0n) is 11.1. The second-order valence-electron chi connectivity index (χ2n) is 4.64. The van der Waals surface area contributed by atoms with Gasteiger partial charge in [0.1, 0.15) is 11.8 Å². The molecule has 2 heterocycles. The van der Waals surface area contributed by atoms with Crippen LogP contribution in [0.5, 0.6) is 0 Å². The summed E-state index contributed by atoms with van der Waals surface area (Å²) in [5.74, 6) is 0. The van der Waals surface area contributed by atoms with Crippen LogP contribution in [0.1, 0.15) is 25.0 Å². The number of pyridine rings is 1. The molecule has 1 aliphatic rings. The van der Waals surface area contributed by atoms with E-state index in [1.54, 1.807) is 12.3 Å². The minimum Gasteiger partial charge on any atom is -0.384 e. The average Bonchev–Trinajstić information content (AvgIpc) is 2.49. The first kappa shape index (κ1) is 13.8. The molecule has 2 N–H and O–H groups in total. The third-order valence-electron chi connectivity index (χ3n) is 3.17. The molecule has 19 heavy (non-hydrogen) atoms. The van der Waals surface area contributed by atoms with Crippen molar-refractivity contribution in [1.82, 2.24) is 10.3 Å². The van der Waals surface area contributed by atoms with Crippen LogP contribution in [0.2, 0.25) is 0 Å². The van der Waals surface area contributed by atoms with Crippen LogP contribution in [0.15, 0.2) is 18.3 Å². The number of anilines is 1. The summed E-state index contributed by atoms with van der Waals surface area (Å²) in [4.78, 5) is 4.01. The summed E-state index contributed by atoms with van der Waals surface area (Å²) in [5, 5.41) is 15.2. The molecule has 1 fully saturated rings. The molecule has 1 saturated heterocycles. The van der Waals surface area contributed by atoms with Crippen molar-refractivity contribution in [2.24, 2.45) is 0 Å². The first-order chi connectivity index (χ1) is 9.38. The van der Waals surface area contributed by atoms with E-state index in [1.807, 2.05) is 12.1 Å². The molecule has 102 valence electrons. The summed E-state index contributed by atoms with van der Waals surface area (Å²) in [7, 11) is 0. The van der Waals surface area contributed by atoms with E-state index in [9.17, 15) is 0 Å². The second kappa shape index (κ2) is 7.72. The van der Waals surface area contributed by atoms with Crippen LogP contribution in [-0.4, -0.2) is 37.3 Å². The summed E-state index contributed by atoms with van der Waals surface area (Å²) >= 11 is 0. The van der Waals surface area contributed by atoms with Crippen molar-refractivity contribution in [3.8, 4) is 6.07 Å². The van der Waals surface area contributed by atoms with Crippen LogP contribution in [-0.2, 0) is 4.74 Å². The Morgan fingerprint density at radius 3 is 2.95 bits per heavy atom. The van der Waals surface area contributed by atoms with Gasteiger partial charge in [-0.25, -0.2) is 4.98 Å². The second-order valence-corrected chi connectivity index (χ2v) is 4.64. The van der Waals surface area contributed by atoms with Gasteiger partial charge in [0, 0.05) is 13.2 Å². The third-order valence-corrected chi connectivity index (χ3v) is 3.17. The van der Waals surface area contributed by atoms with E-state index in [2.05, 4.69) is 15.6 Å². The Kier molecular flexibility index (Phi) is 5.60. The van der Waals surface area contributed by atoms with Crippen molar-refractivity contribution in [3.05, 3.63) is 24.0 Å². The Morgan fingerprint density at radius 2 is 2.26 bits per heavy atom. The highest BCUT2D eigenvalue weighted by molar-refractivity contribution is 5.42. The highest BCUT2D eigenvalue weighted by Gasteiger charge is 2.12. The lowest BCUT2D eigenvalue weighted by Gasteiger charge is -2.22. The van der Waals surface area contributed by atoms with Gasteiger partial charge in [0.15, 0.2) is 0 Å². The highest BCUT2D eigenvalue weighted by Crippen LogP contribution is 2.08. The molecule has 1 aromatic heterocycles. The summed E-state index contributed by atoms with van der Waals surface area (Å²) in [6.07, 6.45) is 5.33. The molecule has 0 spiro atoms. The van der Waals surface area contributed by atoms with Gasteiger partial charge in [0.05, 0.1) is 18.0 Å². The number of rotatable bonds is 6. The van der Waals surface area contributed by atoms with Gasteiger partial charge in [-0.05, 0) is 44.5 Å². The van der Waals surface area contributed by atoms with Gasteiger partial charge in [0.2, 0.25) is 0 Å². The lowest BCUT2D eigenvalue weighted by molar-refractivity contribution is 0.0329. The molecule has 1 aliphatic heterocycles. The van der Waals surface area contributed by atoms with Crippen molar-refractivity contribution in [2.45, 2.75) is 25.4 Å². The van der Waals surface area contributed by atoms with E-state index in [-0.39, 0.29) is 0 Å². The van der Waals surface area contributed by atoms with E-state index in [4.69, 9.17) is 10.00 Å². The quantitative estimate of drug-likeness (QED) is 0.759. The van der Waals surface area contributed by atoms with Crippen LogP contribution in [0, 0.1) is 11.3 Å². The SMILES string of the molecule is N#Cc1ccc(NCCCOC2CCNCC2)cn1. The minimum absolute atomic E-state index is 0.429. The van der Waals surface area contributed by atoms with E-state index in [0.29, 0.717) is 11.8 Å². The maximum atomic E-state index is 8.64. The number of nitrogens with one attached hydrogen (secondary N) is 2. The lowest BCUT2D eigenvalue weighted by atomic mass is 10.1. The van der Waals surface area contributed by atoms with Crippen molar-refractivity contribution >= 4 is 5.69 Å². The zero-order valence-corrected chi connectivity index (χ0v) is 11.1. The standard InChI is InChI=1S/C14H20N4O/c15-10-12-2-3-13(11-18-12)17-6-1-9-19-14-4-7-16-8-5-14/h2-3,11,14,16-17H,1,4-9H2. The summed E-state index contributed by atoms with van der Waals surface area (Å²) in [6.45, 7) is 3.79. The molecule has 0 bridgehead atoms. The fraction of sp³-hybridized carbons (Fsp3) is 0.571. The van der Waals surface area contributed by atoms with E-state index < -0.39 is 0 Å². The maximum Gasteiger partial charge on any atom is 0.140 e. The van der Waals surface area contributed by atoms with Crippen molar-refractivity contribution in [2.75, 3.05) is 31.6 Å². The molecule has 2 rings (SSSR count). The van der Waals surface area contributed by atoms with Crippen LogP contribution in [0.4, 0.5) is 5.69 Å². The molecule has 0 saturated carbocycles. The molecule has 0 aliphatic carbocycles. The molecule has 0 unspecified atom stereocenters. The number of nitriles is 1. The number of ether oxygens (including phenoxy) is 1. The predicted octanol–water partition coefficient (Wildman–Crippen LogP) is 1.52. The lowest BCUT2D eigenvalue weighted by Crippen LogP contribution is -2.32. The maximum absolute atomic E-state index is 8.64. The number of hydrogen-bond acceptors (Lipinski definition) is 5. The van der Waals surface area contributed by atoms with Gasteiger partial charge in [0.25, 0.3) is 0 Å². The molecule has 0 aromatic carbocycles. The molecular formula is C14H20N4O. The Hall–Kier alpha value is -1.64. The summed E-state index contributed by atoms with van der Waals surface area (Å²) < 4.78 is 5.82. The Bertz CT molecular complexity index is 406. The van der Waals surface area contributed by atoms with Gasteiger partial charge in [-0.15, -0.1) is 0 Å². The largest absolute Gasteiger partial charge is 0.384 e. The fourth-order valence-electron chi connectivity index (χ4n) is 2.08. The topological polar surface area (TPSA) is 70.0 Å². The summed E-state index contributed by atoms with van der Waals surface area (Å²) in [6, 6.07) is 5.59. The smallest absolute Gasteiger partial charge is 0.140 e.